The topological polar surface area (TPSA) is 89.5 Å². The second-order valence-corrected chi connectivity index (χ2v) is 8.34. The number of methoxy groups -OCH3 is 1. The Morgan fingerprint density at radius 2 is 1.78 bits per heavy atom. The molecule has 4 rings (SSSR count). The van der Waals surface area contributed by atoms with Gasteiger partial charge in [0.1, 0.15) is 6.61 Å². The van der Waals surface area contributed by atoms with E-state index >= 15 is 0 Å². The number of hydrogen-bond acceptors (Lipinski definition) is 6. The molecule has 8 heteroatoms. The molecule has 0 bridgehead atoms. The molecule has 0 unspecified atom stereocenters. The first kappa shape index (κ1) is 21.8. The Morgan fingerprint density at radius 3 is 2.47 bits per heavy atom. The molecule has 0 saturated heterocycles. The van der Waals surface area contributed by atoms with Crippen LogP contribution in [0.3, 0.4) is 0 Å². The minimum Gasteiger partial charge on any atom is -0.493 e. The lowest BCUT2D eigenvalue weighted by atomic mass is 10.1. The fourth-order valence-corrected chi connectivity index (χ4v) is 4.18. The molecule has 0 aliphatic heterocycles. The van der Waals surface area contributed by atoms with Crippen molar-refractivity contribution < 1.29 is 19.1 Å². The maximum Gasteiger partial charge on any atom is 0.255 e. The zero-order valence-electron chi connectivity index (χ0n) is 17.8. The van der Waals surface area contributed by atoms with Gasteiger partial charge in [-0.15, -0.1) is 11.3 Å². The number of aromatic nitrogens is 1. The molecule has 32 heavy (non-hydrogen) atoms. The number of carbonyl (C=O) groups excluding carboxylic acids is 2. The minimum absolute atomic E-state index is 0.0762. The summed E-state index contributed by atoms with van der Waals surface area (Å²) in [5.74, 6) is 0.645. The van der Waals surface area contributed by atoms with E-state index in [1.54, 1.807) is 48.0 Å². The van der Waals surface area contributed by atoms with Crippen molar-refractivity contribution in [2.75, 3.05) is 12.4 Å². The fraction of sp³-hybridized carbons (Fsp3) is 0.292. The molecule has 1 fully saturated rings. The molecular weight excluding hydrogens is 426 g/mol. The fourth-order valence-electron chi connectivity index (χ4n) is 3.64. The van der Waals surface area contributed by atoms with Crippen LogP contribution in [0.4, 0.5) is 5.69 Å². The number of anilines is 1. The number of benzene rings is 2. The van der Waals surface area contributed by atoms with Gasteiger partial charge in [0.25, 0.3) is 11.8 Å². The molecule has 2 amide bonds. The number of hydrogen-bond donors (Lipinski definition) is 2. The molecular formula is C24H25N3O4S. The maximum atomic E-state index is 12.7. The smallest absolute Gasteiger partial charge is 0.255 e. The third-order valence-electron chi connectivity index (χ3n) is 5.38. The van der Waals surface area contributed by atoms with Crippen molar-refractivity contribution in [1.82, 2.24) is 10.3 Å². The molecule has 7 nitrogen and oxygen atoms in total. The maximum absolute atomic E-state index is 12.7. The van der Waals surface area contributed by atoms with E-state index in [9.17, 15) is 9.59 Å². The molecule has 2 N–H and O–H groups in total. The van der Waals surface area contributed by atoms with Crippen molar-refractivity contribution in [2.24, 2.45) is 0 Å². The number of thiazole rings is 1. The van der Waals surface area contributed by atoms with Gasteiger partial charge >= 0.3 is 0 Å². The van der Waals surface area contributed by atoms with Gasteiger partial charge < -0.3 is 20.1 Å². The van der Waals surface area contributed by atoms with E-state index in [1.807, 2.05) is 5.38 Å². The second kappa shape index (κ2) is 10.3. The van der Waals surface area contributed by atoms with Crippen molar-refractivity contribution in [2.45, 2.75) is 38.3 Å². The number of amides is 2. The van der Waals surface area contributed by atoms with Gasteiger partial charge in [-0.2, -0.15) is 0 Å². The summed E-state index contributed by atoms with van der Waals surface area (Å²) in [6.07, 6.45) is 4.41. The van der Waals surface area contributed by atoms with Gasteiger partial charge in [0.15, 0.2) is 11.5 Å². The van der Waals surface area contributed by atoms with E-state index in [0.717, 1.165) is 18.5 Å². The van der Waals surface area contributed by atoms with Gasteiger partial charge in [0.05, 0.1) is 18.3 Å². The van der Waals surface area contributed by atoms with Gasteiger partial charge in [-0.25, -0.2) is 4.98 Å². The van der Waals surface area contributed by atoms with Crippen LogP contribution in [0.5, 0.6) is 11.5 Å². The van der Waals surface area contributed by atoms with Crippen LogP contribution in [0, 0.1) is 0 Å². The summed E-state index contributed by atoms with van der Waals surface area (Å²) in [7, 11) is 1.53. The third-order valence-corrected chi connectivity index (χ3v) is 6.02. The molecule has 1 aliphatic carbocycles. The minimum atomic E-state index is -0.280. The molecule has 0 radical (unpaired) electrons. The van der Waals surface area contributed by atoms with E-state index in [0.29, 0.717) is 34.9 Å². The summed E-state index contributed by atoms with van der Waals surface area (Å²) in [6, 6.07) is 12.2. The monoisotopic (exact) mass is 451 g/mol. The predicted molar refractivity (Wildman–Crippen MR) is 124 cm³/mol. The van der Waals surface area contributed by atoms with Crippen LogP contribution in [-0.2, 0) is 6.61 Å². The van der Waals surface area contributed by atoms with E-state index in [4.69, 9.17) is 9.47 Å². The zero-order chi connectivity index (χ0) is 22.3. The molecule has 3 aromatic rings. The Balaban J connectivity index is 1.36. The van der Waals surface area contributed by atoms with Gasteiger partial charge in [0, 0.05) is 28.2 Å². The number of carbonyl (C=O) groups is 2. The van der Waals surface area contributed by atoms with E-state index in [2.05, 4.69) is 15.6 Å². The van der Waals surface area contributed by atoms with Crippen LogP contribution >= 0.6 is 11.3 Å². The van der Waals surface area contributed by atoms with E-state index in [-0.39, 0.29) is 17.9 Å². The van der Waals surface area contributed by atoms with Crippen LogP contribution < -0.4 is 20.1 Å². The Bertz CT molecular complexity index is 1060. The zero-order valence-corrected chi connectivity index (χ0v) is 18.6. The summed E-state index contributed by atoms with van der Waals surface area (Å²) < 4.78 is 11.1. The lowest BCUT2D eigenvalue weighted by Gasteiger charge is -2.13. The van der Waals surface area contributed by atoms with Gasteiger partial charge in [-0.05, 0) is 55.3 Å². The van der Waals surface area contributed by atoms with Crippen LogP contribution in [0.1, 0.15) is 52.1 Å². The van der Waals surface area contributed by atoms with E-state index in [1.165, 1.54) is 31.3 Å². The highest BCUT2D eigenvalue weighted by atomic mass is 32.1. The van der Waals surface area contributed by atoms with Crippen molar-refractivity contribution in [3.63, 3.8) is 0 Å². The van der Waals surface area contributed by atoms with Gasteiger partial charge in [-0.1, -0.05) is 12.8 Å². The third kappa shape index (κ3) is 5.45. The highest BCUT2D eigenvalue weighted by Gasteiger charge is 2.18. The van der Waals surface area contributed by atoms with Crippen LogP contribution in [0.15, 0.2) is 53.4 Å². The van der Waals surface area contributed by atoms with Crippen molar-refractivity contribution in [3.05, 3.63) is 70.2 Å². The Hall–Kier alpha value is -3.39. The molecule has 0 atom stereocenters. The molecule has 2 aromatic carbocycles. The summed E-state index contributed by atoms with van der Waals surface area (Å²) in [6.45, 7) is 0.325. The molecule has 166 valence electrons. The molecule has 1 aliphatic rings. The molecule has 0 spiro atoms. The van der Waals surface area contributed by atoms with Crippen molar-refractivity contribution >= 4 is 28.8 Å². The van der Waals surface area contributed by atoms with E-state index < -0.39 is 0 Å². The molecule has 1 heterocycles. The van der Waals surface area contributed by atoms with Gasteiger partial charge in [0.2, 0.25) is 0 Å². The lowest BCUT2D eigenvalue weighted by Crippen LogP contribution is -2.32. The normalized spacial score (nSPS) is 13.5. The Labute approximate surface area is 190 Å². The average Bonchev–Trinajstić information content (AvgIpc) is 3.52. The summed E-state index contributed by atoms with van der Waals surface area (Å²) in [5.41, 5.74) is 4.20. The average molecular weight is 452 g/mol. The Morgan fingerprint density at radius 1 is 1.03 bits per heavy atom. The number of nitrogens with zero attached hydrogens (tertiary/aromatic N) is 1. The standard InChI is InChI=1S/C24H25N3O4S/c1-30-22-12-17(8-11-21(22)31-13-20-14-32-15-25-20)24(29)27-19-9-6-16(7-10-19)23(28)26-18-4-2-3-5-18/h6-12,14-15,18H,2-5,13H2,1H3,(H,26,28)(H,27,29). The summed E-state index contributed by atoms with van der Waals surface area (Å²) >= 11 is 1.50. The highest BCUT2D eigenvalue weighted by Crippen LogP contribution is 2.29. The SMILES string of the molecule is COc1cc(C(=O)Nc2ccc(C(=O)NC3CCCC3)cc2)ccc1OCc1cscn1. The predicted octanol–water partition coefficient (Wildman–Crippen LogP) is 4.66. The number of nitrogens with one attached hydrogen (secondary N) is 2. The van der Waals surface area contributed by atoms with Crippen LogP contribution in [0.2, 0.25) is 0 Å². The first-order valence-corrected chi connectivity index (χ1v) is 11.5. The summed E-state index contributed by atoms with van der Waals surface area (Å²) in [5, 5.41) is 7.82. The number of rotatable bonds is 8. The van der Waals surface area contributed by atoms with Crippen LogP contribution in [-0.4, -0.2) is 29.9 Å². The van der Waals surface area contributed by atoms with Crippen molar-refractivity contribution in [3.8, 4) is 11.5 Å². The molecule has 1 aromatic heterocycles. The Kier molecular flexibility index (Phi) is 7.01. The van der Waals surface area contributed by atoms with Crippen LogP contribution in [0.25, 0.3) is 0 Å². The van der Waals surface area contributed by atoms with Crippen molar-refractivity contribution in [1.29, 1.82) is 0 Å². The second-order valence-electron chi connectivity index (χ2n) is 7.62. The summed E-state index contributed by atoms with van der Waals surface area (Å²) in [4.78, 5) is 29.2. The van der Waals surface area contributed by atoms with Gasteiger partial charge in [-0.3, -0.25) is 9.59 Å². The highest BCUT2D eigenvalue weighted by molar-refractivity contribution is 7.07. The first-order chi connectivity index (χ1) is 15.6. The lowest BCUT2D eigenvalue weighted by molar-refractivity contribution is 0.0937. The first-order valence-electron chi connectivity index (χ1n) is 10.5. The largest absolute Gasteiger partial charge is 0.493 e. The quantitative estimate of drug-likeness (QED) is 0.520. The molecule has 1 saturated carbocycles. The number of ether oxygens (including phenoxy) is 2.